The fraction of sp³-hybridized carbons (Fsp3) is 0.250. The number of hydrogen-bond donors (Lipinski definition) is 1. The van der Waals surface area contributed by atoms with Crippen LogP contribution in [0, 0.1) is 13.8 Å². The number of aryl methyl sites for hydroxylation is 1. The topological polar surface area (TPSA) is 69.2 Å². The van der Waals surface area contributed by atoms with E-state index in [2.05, 4.69) is 0 Å². The van der Waals surface area contributed by atoms with Gasteiger partial charge in [0.05, 0.1) is 5.69 Å². The first-order valence-corrected chi connectivity index (χ1v) is 5.11. The molecular formula is C8H10NNaO3S. The molecule has 0 saturated heterocycles. The zero-order chi connectivity index (χ0) is 10.1. The van der Waals surface area contributed by atoms with Crippen molar-refractivity contribution < 1.29 is 42.5 Å². The summed E-state index contributed by atoms with van der Waals surface area (Å²) in [5.74, 6) is 0. The molecule has 0 radical (unpaired) electrons. The maximum absolute atomic E-state index is 10.4. The molecule has 0 aliphatic rings. The Morgan fingerprint density at radius 2 is 1.86 bits per heavy atom. The minimum atomic E-state index is -4.42. The third kappa shape index (κ3) is 3.98. The van der Waals surface area contributed by atoms with Crippen molar-refractivity contribution >= 4 is 16.0 Å². The van der Waals surface area contributed by atoms with E-state index < -0.39 is 10.3 Å². The smallest absolute Gasteiger partial charge is 0.731 e. The van der Waals surface area contributed by atoms with Crippen LogP contribution in [-0.2, 0) is 10.3 Å². The van der Waals surface area contributed by atoms with Crippen LogP contribution in [0.3, 0.4) is 0 Å². The normalized spacial score (nSPS) is 10.5. The van der Waals surface area contributed by atoms with Crippen LogP contribution in [-0.4, -0.2) is 13.0 Å². The summed E-state index contributed by atoms with van der Waals surface area (Å²) in [4.78, 5) is 0. The number of anilines is 1. The van der Waals surface area contributed by atoms with Crippen LogP contribution in [0.2, 0.25) is 0 Å². The maximum atomic E-state index is 10.4. The molecule has 1 aromatic rings. The first-order chi connectivity index (χ1) is 5.90. The van der Waals surface area contributed by atoms with Gasteiger partial charge in [-0.2, -0.15) is 0 Å². The van der Waals surface area contributed by atoms with Gasteiger partial charge in [0.1, 0.15) is 0 Å². The average molecular weight is 223 g/mol. The summed E-state index contributed by atoms with van der Waals surface area (Å²) < 4.78 is 33.1. The number of benzene rings is 1. The van der Waals surface area contributed by atoms with Crippen LogP contribution < -0.4 is 34.3 Å². The van der Waals surface area contributed by atoms with E-state index in [-0.39, 0.29) is 29.6 Å². The van der Waals surface area contributed by atoms with E-state index in [9.17, 15) is 13.0 Å². The average Bonchev–Trinajstić information content (AvgIpc) is 1.96. The molecule has 1 rings (SSSR count). The van der Waals surface area contributed by atoms with Gasteiger partial charge in [-0.05, 0) is 31.0 Å². The molecule has 0 aromatic heterocycles. The van der Waals surface area contributed by atoms with E-state index in [0.717, 1.165) is 11.1 Å². The molecule has 1 aromatic carbocycles. The molecular weight excluding hydrogens is 213 g/mol. The fourth-order valence-corrected chi connectivity index (χ4v) is 1.49. The zero-order valence-corrected chi connectivity index (χ0v) is 11.2. The van der Waals surface area contributed by atoms with Gasteiger partial charge < -0.3 is 4.55 Å². The minimum absolute atomic E-state index is 0. The van der Waals surface area contributed by atoms with Crippen LogP contribution in [0.15, 0.2) is 18.2 Å². The summed E-state index contributed by atoms with van der Waals surface area (Å²) in [5.41, 5.74) is 2.05. The largest absolute Gasteiger partial charge is 1.00 e. The van der Waals surface area contributed by atoms with Gasteiger partial charge in [-0.15, -0.1) is 0 Å². The van der Waals surface area contributed by atoms with E-state index in [1.165, 1.54) is 0 Å². The van der Waals surface area contributed by atoms with Crippen molar-refractivity contribution in [3.8, 4) is 0 Å². The van der Waals surface area contributed by atoms with Gasteiger partial charge in [0.15, 0.2) is 10.3 Å². The van der Waals surface area contributed by atoms with Gasteiger partial charge >= 0.3 is 29.6 Å². The summed E-state index contributed by atoms with van der Waals surface area (Å²) in [6.07, 6.45) is 0. The molecule has 0 atom stereocenters. The predicted molar refractivity (Wildman–Crippen MR) is 49.2 cm³/mol. The number of rotatable bonds is 2. The second kappa shape index (κ2) is 5.14. The van der Waals surface area contributed by atoms with E-state index in [0.29, 0.717) is 5.69 Å². The standard InChI is InChI=1S/C8H11NO3S.Na/c1-6-4-3-5-8(7(6)2)9-13(10,11)12;/h3-5,9H,1-2H3,(H,10,11,12);/q;+1/p-1. The molecule has 4 nitrogen and oxygen atoms in total. The minimum Gasteiger partial charge on any atom is -0.731 e. The summed E-state index contributed by atoms with van der Waals surface area (Å²) in [6.45, 7) is 3.60. The Balaban J connectivity index is 0.00000169. The molecule has 0 amide bonds. The first kappa shape index (κ1) is 13.9. The second-order valence-corrected chi connectivity index (χ2v) is 3.92. The summed E-state index contributed by atoms with van der Waals surface area (Å²) in [6, 6.07) is 5.09. The Morgan fingerprint density at radius 3 is 2.36 bits per heavy atom. The van der Waals surface area contributed by atoms with Gasteiger partial charge in [0.25, 0.3) is 0 Å². The van der Waals surface area contributed by atoms with E-state index in [1.54, 1.807) is 19.1 Å². The van der Waals surface area contributed by atoms with Gasteiger partial charge in [-0.3, -0.25) is 4.72 Å². The fourth-order valence-electron chi connectivity index (χ4n) is 0.996. The Hall–Kier alpha value is -0.0700. The van der Waals surface area contributed by atoms with Gasteiger partial charge in [0.2, 0.25) is 0 Å². The molecule has 0 fully saturated rings. The maximum Gasteiger partial charge on any atom is 1.00 e. The summed E-state index contributed by atoms with van der Waals surface area (Å²) >= 11 is 0. The number of nitrogens with one attached hydrogen (secondary N) is 1. The Kier molecular flexibility index (Phi) is 5.11. The molecule has 0 saturated carbocycles. The Morgan fingerprint density at radius 1 is 1.29 bits per heavy atom. The van der Waals surface area contributed by atoms with Crippen LogP contribution in [0.5, 0.6) is 0 Å². The molecule has 0 heterocycles. The van der Waals surface area contributed by atoms with E-state index >= 15 is 0 Å². The van der Waals surface area contributed by atoms with Crippen molar-refractivity contribution in [2.24, 2.45) is 0 Å². The molecule has 72 valence electrons. The first-order valence-electron chi connectivity index (χ1n) is 3.70. The summed E-state index contributed by atoms with van der Waals surface area (Å²) in [7, 11) is -4.42. The Bertz CT molecular complexity index is 417. The van der Waals surface area contributed by atoms with Crippen molar-refractivity contribution in [2.75, 3.05) is 4.72 Å². The van der Waals surface area contributed by atoms with Crippen LogP contribution >= 0.6 is 0 Å². The van der Waals surface area contributed by atoms with Crippen molar-refractivity contribution in [1.29, 1.82) is 0 Å². The third-order valence-electron chi connectivity index (χ3n) is 1.84. The quantitative estimate of drug-likeness (QED) is 0.474. The number of hydrogen-bond acceptors (Lipinski definition) is 3. The van der Waals surface area contributed by atoms with Crippen molar-refractivity contribution in [3.05, 3.63) is 29.3 Å². The monoisotopic (exact) mass is 223 g/mol. The van der Waals surface area contributed by atoms with E-state index in [1.807, 2.05) is 17.7 Å². The van der Waals surface area contributed by atoms with Gasteiger partial charge in [-0.25, -0.2) is 8.42 Å². The van der Waals surface area contributed by atoms with Gasteiger partial charge in [0, 0.05) is 0 Å². The molecule has 0 bridgehead atoms. The summed E-state index contributed by atoms with van der Waals surface area (Å²) in [5, 5.41) is 0. The van der Waals surface area contributed by atoms with Crippen LogP contribution in [0.25, 0.3) is 0 Å². The molecule has 0 aliphatic carbocycles. The van der Waals surface area contributed by atoms with E-state index in [4.69, 9.17) is 0 Å². The van der Waals surface area contributed by atoms with Crippen molar-refractivity contribution in [3.63, 3.8) is 0 Å². The van der Waals surface area contributed by atoms with Gasteiger partial charge in [-0.1, -0.05) is 12.1 Å². The van der Waals surface area contributed by atoms with Crippen LogP contribution in [0.4, 0.5) is 5.69 Å². The predicted octanol–water partition coefficient (Wildman–Crippen LogP) is -1.82. The van der Waals surface area contributed by atoms with Crippen molar-refractivity contribution in [2.45, 2.75) is 13.8 Å². The third-order valence-corrected chi connectivity index (χ3v) is 2.31. The SMILES string of the molecule is Cc1cccc(NS(=O)(=O)[O-])c1C.[Na+]. The Labute approximate surface area is 106 Å². The molecule has 1 N–H and O–H groups in total. The zero-order valence-electron chi connectivity index (χ0n) is 8.37. The molecule has 14 heavy (non-hydrogen) atoms. The molecule has 6 heteroatoms. The van der Waals surface area contributed by atoms with Crippen LogP contribution in [0.1, 0.15) is 11.1 Å². The molecule has 0 spiro atoms. The molecule has 0 unspecified atom stereocenters. The van der Waals surface area contributed by atoms with Crippen molar-refractivity contribution in [1.82, 2.24) is 0 Å². The second-order valence-electron chi connectivity index (χ2n) is 2.80. The molecule has 0 aliphatic heterocycles.